The van der Waals surface area contributed by atoms with Crippen molar-refractivity contribution in [1.82, 2.24) is 4.90 Å². The van der Waals surface area contributed by atoms with E-state index in [2.05, 4.69) is 0 Å². The van der Waals surface area contributed by atoms with Gasteiger partial charge in [-0.2, -0.15) is 0 Å². The van der Waals surface area contributed by atoms with E-state index in [-0.39, 0.29) is 30.9 Å². The first-order valence-electron chi connectivity index (χ1n) is 5.57. The molecule has 0 amide bonds. The van der Waals surface area contributed by atoms with Crippen molar-refractivity contribution < 1.29 is 24.5 Å². The first kappa shape index (κ1) is 12.9. The summed E-state index contributed by atoms with van der Waals surface area (Å²) in [5, 5.41) is 28.2. The lowest BCUT2D eigenvalue weighted by Crippen LogP contribution is -2.29. The van der Waals surface area contributed by atoms with Gasteiger partial charge in [0.1, 0.15) is 11.6 Å². The van der Waals surface area contributed by atoms with Gasteiger partial charge in [-0.3, -0.25) is 9.69 Å². The summed E-state index contributed by atoms with van der Waals surface area (Å²) in [5.41, 5.74) is -0.0918. The molecule has 0 aliphatic carbocycles. The average molecular weight is 255 g/mol. The lowest BCUT2D eigenvalue weighted by molar-refractivity contribution is 0.0572. The van der Waals surface area contributed by atoms with E-state index in [1.807, 2.05) is 0 Å². The van der Waals surface area contributed by atoms with Gasteiger partial charge in [0, 0.05) is 13.1 Å². The van der Waals surface area contributed by atoms with Crippen LogP contribution in [0.15, 0.2) is 18.2 Å². The van der Waals surface area contributed by atoms with Gasteiger partial charge in [-0.15, -0.1) is 0 Å². The number of carbonyl (C=O) groups excluding carboxylic acids is 1. The Morgan fingerprint density at radius 1 is 1.33 bits per heavy atom. The molecule has 18 heavy (non-hydrogen) atoms. The lowest BCUT2D eigenvalue weighted by Gasteiger charge is -2.13. The highest BCUT2D eigenvalue weighted by molar-refractivity contribution is 6.00. The average Bonchev–Trinajstić information content (AvgIpc) is 2.61. The first-order chi connectivity index (χ1) is 8.47. The third-order valence-corrected chi connectivity index (χ3v) is 2.96. The van der Waals surface area contributed by atoms with E-state index in [1.54, 1.807) is 4.90 Å². The molecular formula is C12H14FNO4. The summed E-state index contributed by atoms with van der Waals surface area (Å²) in [6.45, 7) is 0.289. The van der Waals surface area contributed by atoms with Gasteiger partial charge in [-0.05, 0) is 18.2 Å². The quantitative estimate of drug-likeness (QED) is 0.649. The van der Waals surface area contributed by atoms with Crippen molar-refractivity contribution >= 4 is 5.78 Å². The van der Waals surface area contributed by atoms with Crippen LogP contribution < -0.4 is 0 Å². The van der Waals surface area contributed by atoms with Crippen LogP contribution in [-0.2, 0) is 0 Å². The number of aliphatic hydroxyl groups is 2. The Hall–Kier alpha value is -1.50. The van der Waals surface area contributed by atoms with Crippen LogP contribution in [0.4, 0.5) is 4.39 Å². The zero-order valence-electron chi connectivity index (χ0n) is 9.58. The predicted octanol–water partition coefficient (Wildman–Crippen LogP) is -0.249. The number of carbonyl (C=O) groups is 1. The Balaban J connectivity index is 2.06. The van der Waals surface area contributed by atoms with Crippen LogP contribution in [0, 0.1) is 5.82 Å². The van der Waals surface area contributed by atoms with Gasteiger partial charge < -0.3 is 15.3 Å². The third kappa shape index (κ3) is 2.66. The fourth-order valence-corrected chi connectivity index (χ4v) is 2.00. The molecular weight excluding hydrogens is 241 g/mol. The summed E-state index contributed by atoms with van der Waals surface area (Å²) in [5.74, 6) is -1.33. The van der Waals surface area contributed by atoms with Crippen molar-refractivity contribution in [1.29, 1.82) is 0 Å². The van der Waals surface area contributed by atoms with E-state index >= 15 is 0 Å². The van der Waals surface area contributed by atoms with E-state index < -0.39 is 23.8 Å². The number of hydrogen-bond acceptors (Lipinski definition) is 5. The second-order valence-corrected chi connectivity index (χ2v) is 4.41. The largest absolute Gasteiger partial charge is 0.507 e. The van der Waals surface area contributed by atoms with Gasteiger partial charge in [-0.25, -0.2) is 4.39 Å². The van der Waals surface area contributed by atoms with Crippen LogP contribution in [0.3, 0.4) is 0 Å². The van der Waals surface area contributed by atoms with Crippen LogP contribution >= 0.6 is 0 Å². The maximum atomic E-state index is 13.0. The topological polar surface area (TPSA) is 81.0 Å². The molecule has 1 aliphatic rings. The normalized spacial score (nSPS) is 24.4. The molecule has 2 atom stereocenters. The van der Waals surface area contributed by atoms with Gasteiger partial charge in [0.2, 0.25) is 0 Å². The van der Waals surface area contributed by atoms with Crippen LogP contribution in [0.5, 0.6) is 5.75 Å². The molecule has 1 aromatic rings. The van der Waals surface area contributed by atoms with Gasteiger partial charge in [-0.1, -0.05) is 0 Å². The lowest BCUT2D eigenvalue weighted by atomic mass is 10.1. The Labute approximate surface area is 103 Å². The third-order valence-electron chi connectivity index (χ3n) is 2.96. The number of Topliss-reactive ketones (excluding diaryl/α,β-unsaturated/α-hetero) is 1. The number of ketones is 1. The van der Waals surface area contributed by atoms with Gasteiger partial charge in [0.05, 0.1) is 24.3 Å². The first-order valence-corrected chi connectivity index (χ1v) is 5.57. The summed E-state index contributed by atoms with van der Waals surface area (Å²) < 4.78 is 13.0. The molecule has 0 radical (unpaired) electrons. The summed E-state index contributed by atoms with van der Waals surface area (Å²) in [7, 11) is 0. The zero-order chi connectivity index (χ0) is 13.3. The van der Waals surface area contributed by atoms with Crippen molar-refractivity contribution in [2.45, 2.75) is 12.2 Å². The number of hydrogen-bond donors (Lipinski definition) is 3. The minimum atomic E-state index is -0.876. The Morgan fingerprint density at radius 2 is 1.94 bits per heavy atom. The van der Waals surface area contributed by atoms with Crippen LogP contribution in [-0.4, -0.2) is 57.8 Å². The molecule has 1 aromatic carbocycles. The van der Waals surface area contributed by atoms with Gasteiger partial charge >= 0.3 is 0 Å². The van der Waals surface area contributed by atoms with Crippen LogP contribution in [0.2, 0.25) is 0 Å². The molecule has 6 heteroatoms. The van der Waals surface area contributed by atoms with E-state index in [9.17, 15) is 24.5 Å². The molecule has 98 valence electrons. The van der Waals surface area contributed by atoms with E-state index in [4.69, 9.17) is 0 Å². The number of phenolic OH excluding ortho intramolecular Hbond substituents is 1. The SMILES string of the molecule is O=C(CN1CC(O)C(O)C1)c1cc(F)ccc1O. The molecule has 1 aliphatic heterocycles. The molecule has 0 saturated carbocycles. The van der Waals surface area contributed by atoms with Crippen molar-refractivity contribution in [2.75, 3.05) is 19.6 Å². The molecule has 1 saturated heterocycles. The Bertz CT molecular complexity index is 455. The van der Waals surface area contributed by atoms with E-state index in [0.29, 0.717) is 0 Å². The monoisotopic (exact) mass is 255 g/mol. The minimum absolute atomic E-state index is 0.0782. The molecule has 2 unspecified atom stereocenters. The second-order valence-electron chi connectivity index (χ2n) is 4.41. The Kier molecular flexibility index (Phi) is 3.60. The number of phenols is 1. The van der Waals surface area contributed by atoms with Gasteiger partial charge in [0.25, 0.3) is 0 Å². The highest BCUT2D eigenvalue weighted by Gasteiger charge is 2.31. The second kappa shape index (κ2) is 5.01. The molecule has 2 rings (SSSR count). The number of benzene rings is 1. The standard InChI is InChI=1S/C12H14FNO4/c13-7-1-2-9(15)8(3-7)10(16)4-14-5-11(17)12(18)6-14/h1-3,11-12,15,17-18H,4-6H2. The number of rotatable bonds is 3. The summed E-state index contributed by atoms with van der Waals surface area (Å²) in [6.07, 6.45) is -1.75. The number of nitrogens with zero attached hydrogens (tertiary/aromatic N) is 1. The Morgan fingerprint density at radius 3 is 2.56 bits per heavy atom. The summed E-state index contributed by atoms with van der Waals surface area (Å²) in [4.78, 5) is 13.4. The molecule has 0 spiro atoms. The fraction of sp³-hybridized carbons (Fsp3) is 0.417. The molecule has 1 fully saturated rings. The molecule has 0 aromatic heterocycles. The van der Waals surface area contributed by atoms with E-state index in [0.717, 1.165) is 18.2 Å². The number of aliphatic hydroxyl groups excluding tert-OH is 2. The molecule has 3 N–H and O–H groups in total. The maximum Gasteiger partial charge on any atom is 0.180 e. The summed E-state index contributed by atoms with van der Waals surface area (Å²) >= 11 is 0. The predicted molar refractivity (Wildman–Crippen MR) is 60.8 cm³/mol. The number of β-amino-alcohol motifs (C(OH)–C–C–N with tert-alkyl or cyclic N) is 2. The maximum absolute atomic E-state index is 13.0. The minimum Gasteiger partial charge on any atom is -0.507 e. The summed E-state index contributed by atoms with van der Waals surface area (Å²) in [6, 6.07) is 3.16. The fourth-order valence-electron chi connectivity index (χ4n) is 2.00. The van der Waals surface area contributed by atoms with Crippen molar-refractivity contribution in [3.8, 4) is 5.75 Å². The number of likely N-dealkylation sites (tertiary alicyclic amines) is 1. The van der Waals surface area contributed by atoms with Gasteiger partial charge in [0.15, 0.2) is 5.78 Å². The zero-order valence-corrected chi connectivity index (χ0v) is 9.58. The van der Waals surface area contributed by atoms with Crippen LogP contribution in [0.25, 0.3) is 0 Å². The van der Waals surface area contributed by atoms with Crippen molar-refractivity contribution in [2.24, 2.45) is 0 Å². The van der Waals surface area contributed by atoms with Crippen molar-refractivity contribution in [3.63, 3.8) is 0 Å². The highest BCUT2D eigenvalue weighted by Crippen LogP contribution is 2.19. The van der Waals surface area contributed by atoms with Crippen molar-refractivity contribution in [3.05, 3.63) is 29.6 Å². The van der Waals surface area contributed by atoms with E-state index in [1.165, 1.54) is 0 Å². The molecule has 5 nitrogen and oxygen atoms in total. The molecule has 1 heterocycles. The molecule has 0 bridgehead atoms. The van der Waals surface area contributed by atoms with Crippen LogP contribution in [0.1, 0.15) is 10.4 Å². The number of halogens is 1. The number of aromatic hydroxyl groups is 1. The highest BCUT2D eigenvalue weighted by atomic mass is 19.1. The smallest absolute Gasteiger partial charge is 0.180 e.